The molecule has 2 rings (SSSR count). The zero-order valence-electron chi connectivity index (χ0n) is 7.01. The minimum absolute atomic E-state index is 0.181. The average Bonchev–Trinajstić information content (AvgIpc) is 2.34. The second kappa shape index (κ2) is 2.65. The zero-order chi connectivity index (χ0) is 8.66. The van der Waals surface area contributed by atoms with E-state index in [4.69, 9.17) is 15.2 Å². The first-order valence-corrected chi connectivity index (χ1v) is 4.38. The Balaban J connectivity index is 2.07. The average molecular weight is 175 g/mol. The maximum absolute atomic E-state index is 13.4. The minimum Gasteiger partial charge on any atom is -0.347 e. The van der Waals surface area contributed by atoms with Crippen molar-refractivity contribution in [3.8, 4) is 0 Å². The first-order chi connectivity index (χ1) is 5.62. The van der Waals surface area contributed by atoms with Crippen molar-refractivity contribution in [1.82, 2.24) is 0 Å². The smallest absolute Gasteiger partial charge is 0.172 e. The van der Waals surface area contributed by atoms with Crippen molar-refractivity contribution in [3.05, 3.63) is 0 Å². The van der Waals surface area contributed by atoms with Gasteiger partial charge in [-0.15, -0.1) is 0 Å². The molecule has 2 N–H and O–H groups in total. The Morgan fingerprint density at radius 3 is 2.42 bits per heavy atom. The Labute approximate surface area is 71.0 Å². The van der Waals surface area contributed by atoms with E-state index in [0.29, 0.717) is 19.6 Å². The molecule has 1 heterocycles. The van der Waals surface area contributed by atoms with Gasteiger partial charge in [0.1, 0.15) is 0 Å². The topological polar surface area (TPSA) is 44.5 Å². The molecule has 1 aliphatic heterocycles. The van der Waals surface area contributed by atoms with Gasteiger partial charge in [-0.1, -0.05) is 0 Å². The lowest BCUT2D eigenvalue weighted by atomic mass is 9.88. The summed E-state index contributed by atoms with van der Waals surface area (Å²) < 4.78 is 24.1. The maximum atomic E-state index is 13.4. The van der Waals surface area contributed by atoms with Crippen LogP contribution in [0.25, 0.3) is 0 Å². The molecule has 0 bridgehead atoms. The van der Waals surface area contributed by atoms with Crippen LogP contribution in [0.5, 0.6) is 0 Å². The van der Waals surface area contributed by atoms with Gasteiger partial charge in [0.05, 0.1) is 13.2 Å². The molecule has 1 saturated carbocycles. The van der Waals surface area contributed by atoms with Crippen molar-refractivity contribution in [1.29, 1.82) is 0 Å². The summed E-state index contributed by atoms with van der Waals surface area (Å²) in [7, 11) is 0. The molecule has 1 unspecified atom stereocenters. The summed E-state index contributed by atoms with van der Waals surface area (Å²) in [6, 6.07) is 0. The summed E-state index contributed by atoms with van der Waals surface area (Å²) in [5.74, 6) is -2.29. The summed E-state index contributed by atoms with van der Waals surface area (Å²) in [5.41, 5.74) is 5.41. The molecule has 1 spiro atoms. The molecular formula is C8H14FNO2. The molecule has 0 aromatic rings. The van der Waals surface area contributed by atoms with Gasteiger partial charge in [0, 0.05) is 12.8 Å². The summed E-state index contributed by atoms with van der Waals surface area (Å²) >= 11 is 0. The van der Waals surface area contributed by atoms with Crippen LogP contribution in [-0.4, -0.2) is 24.8 Å². The van der Waals surface area contributed by atoms with E-state index < -0.39 is 11.6 Å². The van der Waals surface area contributed by atoms with Crippen molar-refractivity contribution in [3.63, 3.8) is 0 Å². The highest BCUT2D eigenvalue weighted by Gasteiger charge is 2.47. The van der Waals surface area contributed by atoms with E-state index in [1.807, 2.05) is 0 Å². The van der Waals surface area contributed by atoms with Crippen LogP contribution in [0, 0.1) is 0 Å². The van der Waals surface area contributed by atoms with Crippen LogP contribution in [0.15, 0.2) is 0 Å². The van der Waals surface area contributed by atoms with Gasteiger partial charge in [0.15, 0.2) is 11.6 Å². The van der Waals surface area contributed by atoms with Crippen LogP contribution in [0.1, 0.15) is 25.7 Å². The SMILES string of the molecule is NC1(F)CCCC2(C1)OCCO2. The van der Waals surface area contributed by atoms with Gasteiger partial charge in [-0.05, 0) is 12.8 Å². The molecule has 1 aliphatic carbocycles. The molecule has 2 aliphatic rings. The number of ether oxygens (including phenoxy) is 2. The quantitative estimate of drug-likeness (QED) is 0.557. The van der Waals surface area contributed by atoms with Gasteiger partial charge in [0.25, 0.3) is 0 Å². The summed E-state index contributed by atoms with van der Waals surface area (Å²) in [5, 5.41) is 0. The predicted octanol–water partition coefficient (Wildman–Crippen LogP) is 0.928. The van der Waals surface area contributed by atoms with Crippen molar-refractivity contribution < 1.29 is 13.9 Å². The monoisotopic (exact) mass is 175 g/mol. The number of hydrogen-bond acceptors (Lipinski definition) is 3. The lowest BCUT2D eigenvalue weighted by Gasteiger charge is -2.37. The number of nitrogens with two attached hydrogens (primary N) is 1. The Bertz CT molecular complexity index is 178. The Kier molecular flexibility index (Phi) is 1.86. The van der Waals surface area contributed by atoms with E-state index >= 15 is 0 Å². The zero-order valence-corrected chi connectivity index (χ0v) is 7.01. The Morgan fingerprint density at radius 2 is 1.83 bits per heavy atom. The predicted molar refractivity (Wildman–Crippen MR) is 41.1 cm³/mol. The van der Waals surface area contributed by atoms with Crippen LogP contribution in [0.4, 0.5) is 4.39 Å². The van der Waals surface area contributed by atoms with Crippen LogP contribution in [0.3, 0.4) is 0 Å². The molecule has 3 nitrogen and oxygen atoms in total. The second-order valence-electron chi connectivity index (χ2n) is 3.67. The van der Waals surface area contributed by atoms with Crippen molar-refractivity contribution in [2.24, 2.45) is 5.73 Å². The maximum Gasteiger partial charge on any atom is 0.172 e. The van der Waals surface area contributed by atoms with Crippen LogP contribution in [-0.2, 0) is 9.47 Å². The Hall–Kier alpha value is -0.190. The Morgan fingerprint density at radius 1 is 1.17 bits per heavy atom. The fraction of sp³-hybridized carbons (Fsp3) is 1.00. The molecule has 0 amide bonds. The number of hydrogen-bond donors (Lipinski definition) is 1. The third-order valence-corrected chi connectivity index (χ3v) is 2.53. The van der Waals surface area contributed by atoms with Gasteiger partial charge in [-0.25, -0.2) is 4.39 Å². The highest BCUT2D eigenvalue weighted by atomic mass is 19.1. The summed E-state index contributed by atoms with van der Waals surface area (Å²) in [4.78, 5) is 0. The van der Waals surface area contributed by atoms with E-state index in [9.17, 15) is 4.39 Å². The number of rotatable bonds is 0. The molecule has 1 atom stereocenters. The molecule has 12 heavy (non-hydrogen) atoms. The van der Waals surface area contributed by atoms with Gasteiger partial charge >= 0.3 is 0 Å². The fourth-order valence-electron chi connectivity index (χ4n) is 2.02. The molecule has 1 saturated heterocycles. The second-order valence-corrected chi connectivity index (χ2v) is 3.67. The van der Waals surface area contributed by atoms with Gasteiger partial charge < -0.3 is 9.47 Å². The first-order valence-electron chi connectivity index (χ1n) is 4.38. The van der Waals surface area contributed by atoms with Gasteiger partial charge in [-0.2, -0.15) is 0 Å². The van der Waals surface area contributed by atoms with E-state index in [1.54, 1.807) is 0 Å². The highest BCUT2D eigenvalue weighted by Crippen LogP contribution is 2.40. The molecule has 4 heteroatoms. The molecule has 0 aromatic carbocycles. The lowest BCUT2D eigenvalue weighted by molar-refractivity contribution is -0.203. The number of alkyl halides is 1. The molecule has 2 fully saturated rings. The van der Waals surface area contributed by atoms with Crippen LogP contribution < -0.4 is 5.73 Å². The first kappa shape index (κ1) is 8.41. The third-order valence-electron chi connectivity index (χ3n) is 2.53. The van der Waals surface area contributed by atoms with Gasteiger partial charge in [0.2, 0.25) is 0 Å². The highest BCUT2D eigenvalue weighted by molar-refractivity contribution is 4.89. The standard InChI is InChI=1S/C8H14FNO2/c9-7(10)2-1-3-8(6-7)11-4-5-12-8/h1-6,10H2. The van der Waals surface area contributed by atoms with Crippen molar-refractivity contribution in [2.45, 2.75) is 37.3 Å². The fourth-order valence-corrected chi connectivity index (χ4v) is 2.02. The summed E-state index contributed by atoms with van der Waals surface area (Å²) in [6.07, 6.45) is 2.12. The normalized spacial score (nSPS) is 40.5. The molecule has 0 aromatic heterocycles. The number of halogens is 1. The van der Waals surface area contributed by atoms with Crippen LogP contribution in [0.2, 0.25) is 0 Å². The summed E-state index contributed by atoms with van der Waals surface area (Å²) in [6.45, 7) is 1.13. The van der Waals surface area contributed by atoms with E-state index in [-0.39, 0.29) is 6.42 Å². The molecule has 0 radical (unpaired) electrons. The molecule has 70 valence electrons. The van der Waals surface area contributed by atoms with E-state index in [1.165, 1.54) is 0 Å². The van der Waals surface area contributed by atoms with Gasteiger partial charge in [-0.3, -0.25) is 5.73 Å². The van der Waals surface area contributed by atoms with E-state index in [0.717, 1.165) is 12.8 Å². The molecular weight excluding hydrogens is 161 g/mol. The third kappa shape index (κ3) is 1.46. The largest absolute Gasteiger partial charge is 0.347 e. The van der Waals surface area contributed by atoms with Crippen molar-refractivity contribution >= 4 is 0 Å². The lowest BCUT2D eigenvalue weighted by Crippen LogP contribution is -2.49. The van der Waals surface area contributed by atoms with E-state index in [2.05, 4.69) is 0 Å². The van der Waals surface area contributed by atoms with Crippen LogP contribution >= 0.6 is 0 Å². The van der Waals surface area contributed by atoms with Crippen molar-refractivity contribution in [2.75, 3.05) is 13.2 Å². The minimum atomic E-state index is -1.59.